The number of nitrogens with zero attached hydrogens (tertiary/aromatic N) is 3. The molecule has 0 aliphatic carbocycles. The molecular formula is C28H32N4O5. The van der Waals surface area contributed by atoms with Crippen LogP contribution >= 0.6 is 0 Å². The topological polar surface area (TPSA) is 114 Å². The fourth-order valence-corrected chi connectivity index (χ4v) is 4.26. The lowest BCUT2D eigenvalue weighted by Gasteiger charge is -2.33. The Morgan fingerprint density at radius 2 is 1.84 bits per heavy atom. The van der Waals surface area contributed by atoms with Crippen LogP contribution < -0.4 is 19.7 Å². The first-order chi connectivity index (χ1) is 18.0. The van der Waals surface area contributed by atoms with Gasteiger partial charge in [0.15, 0.2) is 17.3 Å². The molecule has 0 spiro atoms. The average Bonchev–Trinajstić information content (AvgIpc) is 2.90. The minimum Gasteiger partial charge on any atom is -0.490 e. The maximum Gasteiger partial charge on any atom is 0.303 e. The van der Waals surface area contributed by atoms with Gasteiger partial charge in [-0.3, -0.25) is 14.6 Å². The summed E-state index contributed by atoms with van der Waals surface area (Å²) in [6.07, 6.45) is 5.82. The van der Waals surface area contributed by atoms with E-state index in [-0.39, 0.29) is 24.9 Å². The van der Waals surface area contributed by atoms with Crippen molar-refractivity contribution in [1.82, 2.24) is 9.97 Å². The predicted molar refractivity (Wildman–Crippen MR) is 140 cm³/mol. The molecule has 1 aromatic heterocycles. The van der Waals surface area contributed by atoms with E-state index in [1.807, 2.05) is 55.5 Å². The number of carboxylic acids is 1. The van der Waals surface area contributed by atoms with Gasteiger partial charge < -0.3 is 24.8 Å². The van der Waals surface area contributed by atoms with Gasteiger partial charge in [0.2, 0.25) is 5.91 Å². The lowest BCUT2D eigenvalue weighted by molar-refractivity contribution is -0.137. The number of amides is 1. The van der Waals surface area contributed by atoms with Gasteiger partial charge in [0.05, 0.1) is 32.0 Å². The van der Waals surface area contributed by atoms with Crippen LogP contribution in [0.2, 0.25) is 0 Å². The fraction of sp³-hybridized carbons (Fsp3) is 0.357. The molecule has 0 saturated carbocycles. The van der Waals surface area contributed by atoms with Crippen molar-refractivity contribution in [2.45, 2.75) is 45.1 Å². The largest absolute Gasteiger partial charge is 0.490 e. The molecule has 1 unspecified atom stereocenters. The third-order valence-electron chi connectivity index (χ3n) is 6.05. The quantitative estimate of drug-likeness (QED) is 0.401. The molecule has 1 atom stereocenters. The number of carboxylic acid groups (broad SMARTS) is 1. The van der Waals surface area contributed by atoms with Gasteiger partial charge in [0.1, 0.15) is 11.9 Å². The molecule has 1 saturated heterocycles. The van der Waals surface area contributed by atoms with Gasteiger partial charge in [-0.15, -0.1) is 0 Å². The van der Waals surface area contributed by atoms with E-state index >= 15 is 0 Å². The van der Waals surface area contributed by atoms with E-state index in [0.29, 0.717) is 31.2 Å². The van der Waals surface area contributed by atoms with Crippen LogP contribution in [0.3, 0.4) is 0 Å². The molecule has 194 valence electrons. The van der Waals surface area contributed by atoms with Crippen molar-refractivity contribution in [1.29, 1.82) is 0 Å². The summed E-state index contributed by atoms with van der Waals surface area (Å²) < 4.78 is 12.0. The maximum atomic E-state index is 12.6. The van der Waals surface area contributed by atoms with Crippen LogP contribution in [0.15, 0.2) is 60.9 Å². The van der Waals surface area contributed by atoms with Gasteiger partial charge in [-0.1, -0.05) is 36.4 Å². The second-order valence-corrected chi connectivity index (χ2v) is 8.91. The first-order valence-corrected chi connectivity index (χ1v) is 12.5. The monoisotopic (exact) mass is 504 g/mol. The zero-order valence-electron chi connectivity index (χ0n) is 20.9. The summed E-state index contributed by atoms with van der Waals surface area (Å²) in [4.78, 5) is 34.4. The molecule has 2 heterocycles. The Hall–Kier alpha value is -4.14. The molecule has 9 heteroatoms. The Balaban J connectivity index is 1.33. The van der Waals surface area contributed by atoms with Crippen LogP contribution in [0.5, 0.6) is 11.5 Å². The zero-order chi connectivity index (χ0) is 26.0. The molecular weight excluding hydrogens is 472 g/mol. The van der Waals surface area contributed by atoms with Gasteiger partial charge >= 0.3 is 5.97 Å². The maximum absolute atomic E-state index is 12.6. The number of carbonyl (C=O) groups is 2. The van der Waals surface area contributed by atoms with Crippen molar-refractivity contribution < 1.29 is 24.2 Å². The second kappa shape index (κ2) is 12.7. The van der Waals surface area contributed by atoms with Crippen LogP contribution in [-0.2, 0) is 22.4 Å². The van der Waals surface area contributed by atoms with Gasteiger partial charge in [-0.25, -0.2) is 4.98 Å². The highest BCUT2D eigenvalue weighted by molar-refractivity contribution is 5.91. The van der Waals surface area contributed by atoms with E-state index in [4.69, 9.17) is 14.6 Å². The van der Waals surface area contributed by atoms with Crippen LogP contribution in [0.4, 0.5) is 11.6 Å². The smallest absolute Gasteiger partial charge is 0.303 e. The lowest BCUT2D eigenvalue weighted by atomic mass is 10.1. The van der Waals surface area contributed by atoms with Crippen LogP contribution in [0.25, 0.3) is 0 Å². The molecule has 1 aliphatic rings. The minimum absolute atomic E-state index is 0.0196. The van der Waals surface area contributed by atoms with Crippen molar-refractivity contribution in [2.75, 3.05) is 29.9 Å². The van der Waals surface area contributed by atoms with E-state index in [0.717, 1.165) is 42.0 Å². The molecule has 4 rings (SSSR count). The number of aliphatic carboxylic acids is 1. The van der Waals surface area contributed by atoms with Crippen molar-refractivity contribution in [2.24, 2.45) is 0 Å². The summed E-state index contributed by atoms with van der Waals surface area (Å²) in [5, 5.41) is 11.6. The Labute approximate surface area is 216 Å². The molecule has 9 nitrogen and oxygen atoms in total. The van der Waals surface area contributed by atoms with Crippen LogP contribution in [0, 0.1) is 0 Å². The first-order valence-electron chi connectivity index (χ1n) is 12.5. The molecule has 0 bridgehead atoms. The van der Waals surface area contributed by atoms with Gasteiger partial charge in [0.25, 0.3) is 0 Å². The summed E-state index contributed by atoms with van der Waals surface area (Å²) in [5.41, 5.74) is 1.76. The minimum atomic E-state index is -0.827. The average molecular weight is 505 g/mol. The Morgan fingerprint density at radius 3 is 2.59 bits per heavy atom. The molecule has 2 N–H and O–H groups in total. The summed E-state index contributed by atoms with van der Waals surface area (Å²) in [7, 11) is 0. The van der Waals surface area contributed by atoms with Gasteiger partial charge in [-0.2, -0.15) is 0 Å². The summed E-state index contributed by atoms with van der Waals surface area (Å²) >= 11 is 0. The molecule has 1 amide bonds. The zero-order valence-corrected chi connectivity index (χ0v) is 20.9. The molecule has 1 aliphatic heterocycles. The number of rotatable bonds is 11. The number of hydrogen-bond donors (Lipinski definition) is 2. The predicted octanol–water partition coefficient (Wildman–Crippen LogP) is 4.12. The SMILES string of the molecule is CCOc1ccccc1OC1CCCN(c2cncc(NC(=O)Cc3ccc(CCC(=O)O)cc3)n2)C1. The molecule has 37 heavy (non-hydrogen) atoms. The van der Waals surface area contributed by atoms with Crippen LogP contribution in [-0.4, -0.2) is 52.8 Å². The van der Waals surface area contributed by atoms with Gasteiger partial charge in [0, 0.05) is 13.0 Å². The van der Waals surface area contributed by atoms with Crippen LogP contribution in [0.1, 0.15) is 37.3 Å². The van der Waals surface area contributed by atoms with E-state index in [2.05, 4.69) is 20.2 Å². The third kappa shape index (κ3) is 7.67. The molecule has 1 fully saturated rings. The van der Waals surface area contributed by atoms with E-state index in [1.54, 1.807) is 6.20 Å². The fourth-order valence-electron chi connectivity index (χ4n) is 4.26. The number of aryl methyl sites for hydroxylation is 1. The van der Waals surface area contributed by atoms with Gasteiger partial charge in [-0.05, 0) is 49.4 Å². The molecule has 0 radical (unpaired) electrons. The Morgan fingerprint density at radius 1 is 1.08 bits per heavy atom. The second-order valence-electron chi connectivity index (χ2n) is 8.91. The number of carbonyl (C=O) groups excluding carboxylic acids is 1. The van der Waals surface area contributed by atoms with E-state index in [1.165, 1.54) is 6.20 Å². The number of benzene rings is 2. The van der Waals surface area contributed by atoms with Crippen molar-refractivity contribution in [3.63, 3.8) is 0 Å². The lowest BCUT2D eigenvalue weighted by Crippen LogP contribution is -2.41. The Kier molecular flexibility index (Phi) is 8.91. The Bertz CT molecular complexity index is 1200. The molecule has 2 aromatic carbocycles. The third-order valence-corrected chi connectivity index (χ3v) is 6.05. The summed E-state index contributed by atoms with van der Waals surface area (Å²) in [5.74, 6) is 1.53. The number of aromatic nitrogens is 2. The summed E-state index contributed by atoms with van der Waals surface area (Å²) in [6.45, 7) is 4.00. The first kappa shape index (κ1) is 25.9. The normalized spacial score (nSPS) is 15.2. The van der Waals surface area contributed by atoms with E-state index in [9.17, 15) is 9.59 Å². The standard InChI is InChI=1S/C28H32N4O5/c1-2-36-23-7-3-4-8-24(23)37-22-6-5-15-32(19-22)26-18-29-17-25(30-26)31-27(33)16-21-11-9-20(10-12-21)13-14-28(34)35/h3-4,7-12,17-18,22H,2,5-6,13-16,19H2,1H3,(H,34,35)(H,30,31,33). The highest BCUT2D eigenvalue weighted by Gasteiger charge is 2.24. The van der Waals surface area contributed by atoms with E-state index < -0.39 is 5.97 Å². The number of anilines is 2. The number of para-hydroxylation sites is 2. The number of piperidine rings is 1. The number of hydrogen-bond acceptors (Lipinski definition) is 7. The van der Waals surface area contributed by atoms with Crippen molar-refractivity contribution in [3.8, 4) is 11.5 Å². The number of nitrogens with one attached hydrogen (secondary N) is 1. The number of ether oxygens (including phenoxy) is 2. The van der Waals surface area contributed by atoms with Crippen molar-refractivity contribution >= 4 is 23.5 Å². The van der Waals surface area contributed by atoms with Crippen molar-refractivity contribution in [3.05, 3.63) is 72.1 Å². The summed E-state index contributed by atoms with van der Waals surface area (Å²) in [6, 6.07) is 15.1. The molecule has 3 aromatic rings. The highest BCUT2D eigenvalue weighted by atomic mass is 16.5. The highest BCUT2D eigenvalue weighted by Crippen LogP contribution is 2.30.